The van der Waals surface area contributed by atoms with Crippen molar-refractivity contribution in [3.8, 4) is 11.5 Å². The molecule has 3 nitrogen and oxygen atoms in total. The number of nitrogens with one attached hydrogen (secondary N) is 1. The Morgan fingerprint density at radius 2 is 1.46 bits per heavy atom. The summed E-state index contributed by atoms with van der Waals surface area (Å²) in [6.07, 6.45) is 7.16. The van der Waals surface area contributed by atoms with Crippen LogP contribution in [0.4, 0.5) is 5.69 Å². The molecule has 26 heavy (non-hydrogen) atoms. The molecule has 0 radical (unpaired) electrons. The average Bonchev–Trinajstić information content (AvgIpc) is 2.68. The first-order valence-corrected chi connectivity index (χ1v) is 10.00. The molecule has 2 aromatic carbocycles. The van der Waals surface area contributed by atoms with Crippen molar-refractivity contribution in [2.24, 2.45) is 0 Å². The van der Waals surface area contributed by atoms with E-state index in [4.69, 9.17) is 9.47 Å². The summed E-state index contributed by atoms with van der Waals surface area (Å²) in [4.78, 5) is 0. The first-order valence-electron chi connectivity index (χ1n) is 10.00. The molecule has 0 aliphatic carbocycles. The van der Waals surface area contributed by atoms with Crippen LogP contribution in [-0.4, -0.2) is 13.2 Å². The van der Waals surface area contributed by atoms with Crippen molar-refractivity contribution >= 4 is 5.69 Å². The minimum atomic E-state index is 0.787. The van der Waals surface area contributed by atoms with Gasteiger partial charge in [0.25, 0.3) is 0 Å². The van der Waals surface area contributed by atoms with Gasteiger partial charge in [-0.15, -0.1) is 0 Å². The van der Waals surface area contributed by atoms with Crippen LogP contribution in [0.2, 0.25) is 0 Å². The predicted octanol–water partition coefficient (Wildman–Crippen LogP) is 6.44. The lowest BCUT2D eigenvalue weighted by molar-refractivity contribution is 0.305. The minimum absolute atomic E-state index is 0.787. The summed E-state index contributed by atoms with van der Waals surface area (Å²) in [6.45, 7) is 6.77. The van der Waals surface area contributed by atoms with E-state index in [-0.39, 0.29) is 0 Å². The second kappa shape index (κ2) is 12.2. The molecule has 0 bridgehead atoms. The highest BCUT2D eigenvalue weighted by molar-refractivity contribution is 5.48. The zero-order valence-electron chi connectivity index (χ0n) is 16.3. The minimum Gasteiger partial charge on any atom is -0.494 e. The number of hydrogen-bond acceptors (Lipinski definition) is 3. The Labute approximate surface area is 158 Å². The number of hydrogen-bond donors (Lipinski definition) is 1. The van der Waals surface area contributed by atoms with Crippen LogP contribution < -0.4 is 14.8 Å². The van der Waals surface area contributed by atoms with E-state index in [9.17, 15) is 0 Å². The summed E-state index contributed by atoms with van der Waals surface area (Å²) in [5.74, 6) is 1.88. The molecule has 0 aliphatic heterocycles. The standard InChI is InChI=1S/C23H33NO2/c1-3-5-7-8-17-26-23-11-9-10-21(18-23)24-19-20-12-14-22(15-13-20)25-16-6-4-2/h9-15,18,24H,3-8,16-17,19H2,1-2H3. The lowest BCUT2D eigenvalue weighted by Crippen LogP contribution is -2.01. The van der Waals surface area contributed by atoms with E-state index in [1.165, 1.54) is 24.8 Å². The van der Waals surface area contributed by atoms with Gasteiger partial charge in [-0.25, -0.2) is 0 Å². The van der Waals surface area contributed by atoms with E-state index in [1.54, 1.807) is 0 Å². The molecule has 0 fully saturated rings. The molecular weight excluding hydrogens is 322 g/mol. The highest BCUT2D eigenvalue weighted by atomic mass is 16.5. The van der Waals surface area contributed by atoms with Gasteiger partial charge in [0.05, 0.1) is 13.2 Å². The van der Waals surface area contributed by atoms with Crippen molar-refractivity contribution in [2.75, 3.05) is 18.5 Å². The van der Waals surface area contributed by atoms with E-state index >= 15 is 0 Å². The Kier molecular flexibility index (Phi) is 9.48. The molecule has 0 heterocycles. The van der Waals surface area contributed by atoms with Crippen molar-refractivity contribution in [1.29, 1.82) is 0 Å². The summed E-state index contributed by atoms with van der Waals surface area (Å²) in [6, 6.07) is 16.5. The third-order valence-electron chi connectivity index (χ3n) is 4.29. The Balaban J connectivity index is 1.75. The van der Waals surface area contributed by atoms with Gasteiger partial charge in [0.1, 0.15) is 11.5 Å². The lowest BCUT2D eigenvalue weighted by Gasteiger charge is -2.11. The number of benzene rings is 2. The van der Waals surface area contributed by atoms with Gasteiger partial charge in [-0.2, -0.15) is 0 Å². The van der Waals surface area contributed by atoms with E-state index in [2.05, 4.69) is 43.4 Å². The second-order valence-corrected chi connectivity index (χ2v) is 6.64. The third-order valence-corrected chi connectivity index (χ3v) is 4.29. The van der Waals surface area contributed by atoms with Crippen LogP contribution in [-0.2, 0) is 6.54 Å². The van der Waals surface area contributed by atoms with Gasteiger partial charge in [0.2, 0.25) is 0 Å². The molecule has 0 spiro atoms. The Bertz CT molecular complexity index is 610. The van der Waals surface area contributed by atoms with Crippen molar-refractivity contribution in [3.05, 3.63) is 54.1 Å². The zero-order valence-corrected chi connectivity index (χ0v) is 16.3. The maximum absolute atomic E-state index is 5.85. The van der Waals surface area contributed by atoms with Crippen LogP contribution in [0.3, 0.4) is 0 Å². The van der Waals surface area contributed by atoms with Gasteiger partial charge in [-0.1, -0.05) is 57.7 Å². The van der Waals surface area contributed by atoms with E-state index in [0.717, 1.165) is 56.2 Å². The Hall–Kier alpha value is -2.16. The van der Waals surface area contributed by atoms with Crippen LogP contribution in [0.25, 0.3) is 0 Å². The summed E-state index contributed by atoms with van der Waals surface area (Å²) in [7, 11) is 0. The van der Waals surface area contributed by atoms with Gasteiger partial charge in [0.15, 0.2) is 0 Å². The maximum atomic E-state index is 5.85. The van der Waals surface area contributed by atoms with Crippen LogP contribution >= 0.6 is 0 Å². The topological polar surface area (TPSA) is 30.5 Å². The predicted molar refractivity (Wildman–Crippen MR) is 110 cm³/mol. The first kappa shape index (κ1) is 20.2. The normalized spacial score (nSPS) is 10.5. The van der Waals surface area contributed by atoms with Crippen molar-refractivity contribution < 1.29 is 9.47 Å². The molecule has 2 aromatic rings. The van der Waals surface area contributed by atoms with Gasteiger partial charge in [-0.3, -0.25) is 0 Å². The molecule has 0 aromatic heterocycles. The monoisotopic (exact) mass is 355 g/mol. The number of unbranched alkanes of at least 4 members (excludes halogenated alkanes) is 4. The van der Waals surface area contributed by atoms with E-state index in [1.807, 2.05) is 24.3 Å². The smallest absolute Gasteiger partial charge is 0.121 e. The molecule has 0 saturated carbocycles. The largest absolute Gasteiger partial charge is 0.494 e. The van der Waals surface area contributed by atoms with Gasteiger partial charge in [-0.05, 0) is 42.7 Å². The molecule has 3 heteroatoms. The highest BCUT2D eigenvalue weighted by Gasteiger charge is 1.99. The molecule has 142 valence electrons. The number of rotatable bonds is 13. The van der Waals surface area contributed by atoms with Gasteiger partial charge in [0, 0.05) is 18.3 Å². The summed E-state index contributed by atoms with van der Waals surface area (Å²) in [5.41, 5.74) is 2.32. The molecule has 1 N–H and O–H groups in total. The zero-order chi connectivity index (χ0) is 18.5. The SMILES string of the molecule is CCCCCCOc1cccc(NCc2ccc(OCCCC)cc2)c1. The van der Waals surface area contributed by atoms with Crippen molar-refractivity contribution in [1.82, 2.24) is 0 Å². The molecule has 0 amide bonds. The van der Waals surface area contributed by atoms with Crippen molar-refractivity contribution in [3.63, 3.8) is 0 Å². The fourth-order valence-corrected chi connectivity index (χ4v) is 2.66. The van der Waals surface area contributed by atoms with Crippen LogP contribution in [0.5, 0.6) is 11.5 Å². The van der Waals surface area contributed by atoms with Gasteiger partial charge >= 0.3 is 0 Å². The van der Waals surface area contributed by atoms with E-state index in [0.29, 0.717) is 0 Å². The maximum Gasteiger partial charge on any atom is 0.121 e. The number of anilines is 1. The quantitative estimate of drug-likeness (QED) is 0.420. The molecule has 0 unspecified atom stereocenters. The molecule has 0 saturated heterocycles. The van der Waals surface area contributed by atoms with E-state index < -0.39 is 0 Å². The first-order chi connectivity index (χ1) is 12.8. The third kappa shape index (κ3) is 7.81. The summed E-state index contributed by atoms with van der Waals surface area (Å²) < 4.78 is 11.6. The average molecular weight is 356 g/mol. The Morgan fingerprint density at radius 1 is 0.731 bits per heavy atom. The number of ether oxygens (including phenoxy) is 2. The molecular formula is C23H33NO2. The van der Waals surface area contributed by atoms with Gasteiger partial charge < -0.3 is 14.8 Å². The van der Waals surface area contributed by atoms with Crippen LogP contribution in [0, 0.1) is 0 Å². The highest BCUT2D eigenvalue weighted by Crippen LogP contribution is 2.19. The summed E-state index contributed by atoms with van der Waals surface area (Å²) >= 11 is 0. The fourth-order valence-electron chi connectivity index (χ4n) is 2.66. The molecule has 2 rings (SSSR count). The Morgan fingerprint density at radius 3 is 2.23 bits per heavy atom. The lowest BCUT2D eigenvalue weighted by atomic mass is 10.2. The summed E-state index contributed by atoms with van der Waals surface area (Å²) in [5, 5.41) is 3.46. The van der Waals surface area contributed by atoms with Crippen LogP contribution in [0.1, 0.15) is 57.9 Å². The van der Waals surface area contributed by atoms with Crippen molar-refractivity contribution in [2.45, 2.75) is 58.9 Å². The second-order valence-electron chi connectivity index (χ2n) is 6.64. The molecule has 0 aliphatic rings. The fraction of sp³-hybridized carbons (Fsp3) is 0.478. The molecule has 0 atom stereocenters. The van der Waals surface area contributed by atoms with Crippen LogP contribution in [0.15, 0.2) is 48.5 Å².